The molecule has 2 heterocycles. The van der Waals surface area contributed by atoms with Gasteiger partial charge in [-0.3, -0.25) is 4.79 Å². The molecule has 0 bridgehead atoms. The Labute approximate surface area is 179 Å². The summed E-state index contributed by atoms with van der Waals surface area (Å²) in [6, 6.07) is 17.4. The van der Waals surface area contributed by atoms with Crippen molar-refractivity contribution in [3.05, 3.63) is 95.5 Å². The molecule has 4 rings (SSSR count). The van der Waals surface area contributed by atoms with E-state index >= 15 is 0 Å². The molecule has 0 saturated heterocycles. The van der Waals surface area contributed by atoms with Crippen LogP contribution in [-0.4, -0.2) is 27.5 Å². The van der Waals surface area contributed by atoms with E-state index in [4.69, 9.17) is 8.94 Å². The number of hydrogen-bond donors (Lipinski definition) is 0. The summed E-state index contributed by atoms with van der Waals surface area (Å²) in [5.74, 6) is 1.23. The van der Waals surface area contributed by atoms with Crippen LogP contribution in [0.25, 0.3) is 11.4 Å². The first kappa shape index (κ1) is 20.5. The lowest BCUT2D eigenvalue weighted by molar-refractivity contribution is -0.131. The number of hydrogen-bond acceptors (Lipinski definition) is 5. The fourth-order valence-electron chi connectivity index (χ4n) is 3.26. The van der Waals surface area contributed by atoms with Gasteiger partial charge in [0.25, 0.3) is 0 Å². The number of carbonyl (C=O) groups excluding carboxylic acids is 1. The van der Waals surface area contributed by atoms with Gasteiger partial charge < -0.3 is 13.8 Å². The summed E-state index contributed by atoms with van der Waals surface area (Å²) in [6.45, 7) is 2.71. The Kier molecular flexibility index (Phi) is 6.21. The molecule has 2 aromatic heterocycles. The highest BCUT2D eigenvalue weighted by Gasteiger charge is 2.18. The van der Waals surface area contributed by atoms with E-state index in [1.807, 2.05) is 37.3 Å². The predicted octanol–water partition coefficient (Wildman–Crippen LogP) is 4.59. The Balaban J connectivity index is 1.44. The molecule has 0 fully saturated rings. The van der Waals surface area contributed by atoms with Crippen LogP contribution in [0.2, 0.25) is 0 Å². The van der Waals surface area contributed by atoms with Crippen molar-refractivity contribution in [2.24, 2.45) is 0 Å². The van der Waals surface area contributed by atoms with E-state index in [0.29, 0.717) is 37.0 Å². The van der Waals surface area contributed by atoms with Crippen LogP contribution in [-0.2, 0) is 24.2 Å². The quantitative estimate of drug-likeness (QED) is 0.418. The lowest BCUT2D eigenvalue weighted by Gasteiger charge is -2.21. The van der Waals surface area contributed by atoms with Crippen molar-refractivity contribution >= 4 is 5.91 Å². The van der Waals surface area contributed by atoms with Crippen molar-refractivity contribution in [3.63, 3.8) is 0 Å². The minimum atomic E-state index is -0.329. The van der Waals surface area contributed by atoms with E-state index in [-0.39, 0.29) is 18.1 Å². The van der Waals surface area contributed by atoms with E-state index in [1.54, 1.807) is 29.4 Å². The van der Waals surface area contributed by atoms with Gasteiger partial charge in [-0.05, 0) is 42.8 Å². The molecule has 7 heteroatoms. The SMILES string of the molecule is Cc1cccc(-c2noc(CCN(Cc3ccco3)C(=O)Cc3ccc(F)cc3)n2)c1. The normalized spacial score (nSPS) is 10.9. The van der Waals surface area contributed by atoms with Gasteiger partial charge in [-0.15, -0.1) is 0 Å². The van der Waals surface area contributed by atoms with Crippen LogP contribution in [0.15, 0.2) is 75.9 Å². The van der Waals surface area contributed by atoms with Crippen LogP contribution >= 0.6 is 0 Å². The Morgan fingerprint density at radius 3 is 2.68 bits per heavy atom. The van der Waals surface area contributed by atoms with E-state index < -0.39 is 0 Å². The molecule has 0 aliphatic carbocycles. The molecule has 1 amide bonds. The Bertz CT molecular complexity index is 1140. The summed E-state index contributed by atoms with van der Waals surface area (Å²) >= 11 is 0. The smallest absolute Gasteiger partial charge is 0.228 e. The first-order chi connectivity index (χ1) is 15.1. The second kappa shape index (κ2) is 9.38. The molecule has 0 aliphatic heterocycles. The molecule has 31 heavy (non-hydrogen) atoms. The highest BCUT2D eigenvalue weighted by atomic mass is 19.1. The van der Waals surface area contributed by atoms with Crippen LogP contribution in [0.3, 0.4) is 0 Å². The Morgan fingerprint density at radius 1 is 1.10 bits per heavy atom. The van der Waals surface area contributed by atoms with Crippen LogP contribution < -0.4 is 0 Å². The largest absolute Gasteiger partial charge is 0.467 e. The first-order valence-corrected chi connectivity index (χ1v) is 10.0. The van der Waals surface area contributed by atoms with Crippen molar-refractivity contribution in [1.29, 1.82) is 0 Å². The first-order valence-electron chi connectivity index (χ1n) is 10.0. The zero-order chi connectivity index (χ0) is 21.6. The standard InChI is InChI=1S/C24H22FN3O3/c1-17-4-2-5-19(14-17)24-26-22(31-27-24)11-12-28(16-21-6-3-13-30-21)23(29)15-18-7-9-20(25)10-8-18/h2-10,13-14H,11-12,15-16H2,1H3. The molecule has 2 aromatic carbocycles. The maximum absolute atomic E-state index is 13.2. The predicted molar refractivity (Wildman–Crippen MR) is 112 cm³/mol. The van der Waals surface area contributed by atoms with Gasteiger partial charge in [0, 0.05) is 18.5 Å². The summed E-state index contributed by atoms with van der Waals surface area (Å²) in [7, 11) is 0. The molecule has 0 N–H and O–H groups in total. The van der Waals surface area contributed by atoms with E-state index in [1.165, 1.54) is 12.1 Å². The van der Waals surface area contributed by atoms with Gasteiger partial charge in [0.15, 0.2) is 0 Å². The molecule has 0 aliphatic rings. The Hall–Kier alpha value is -3.74. The van der Waals surface area contributed by atoms with Gasteiger partial charge in [0.1, 0.15) is 11.6 Å². The van der Waals surface area contributed by atoms with Crippen LogP contribution in [0.5, 0.6) is 0 Å². The molecule has 0 radical (unpaired) electrons. The Morgan fingerprint density at radius 2 is 1.94 bits per heavy atom. The lowest BCUT2D eigenvalue weighted by Crippen LogP contribution is -2.33. The number of halogens is 1. The number of benzene rings is 2. The van der Waals surface area contributed by atoms with Gasteiger partial charge in [-0.1, -0.05) is 41.1 Å². The zero-order valence-corrected chi connectivity index (χ0v) is 17.1. The van der Waals surface area contributed by atoms with E-state index in [9.17, 15) is 9.18 Å². The minimum absolute atomic E-state index is 0.0959. The third kappa shape index (κ3) is 5.45. The molecule has 4 aromatic rings. The number of carbonyl (C=O) groups is 1. The average molecular weight is 419 g/mol. The van der Waals surface area contributed by atoms with E-state index in [2.05, 4.69) is 10.1 Å². The van der Waals surface area contributed by atoms with Crippen molar-refractivity contribution < 1.29 is 18.1 Å². The molecule has 0 atom stereocenters. The molecule has 0 unspecified atom stereocenters. The monoisotopic (exact) mass is 419 g/mol. The zero-order valence-electron chi connectivity index (χ0n) is 17.1. The van der Waals surface area contributed by atoms with Gasteiger partial charge in [0.05, 0.1) is 19.2 Å². The van der Waals surface area contributed by atoms with Crippen molar-refractivity contribution in [1.82, 2.24) is 15.0 Å². The number of nitrogens with zero attached hydrogens (tertiary/aromatic N) is 3. The maximum Gasteiger partial charge on any atom is 0.228 e. The summed E-state index contributed by atoms with van der Waals surface area (Å²) in [5.41, 5.74) is 2.74. The van der Waals surface area contributed by atoms with Crippen LogP contribution in [0.4, 0.5) is 4.39 Å². The topological polar surface area (TPSA) is 72.4 Å². The number of aromatic nitrogens is 2. The van der Waals surface area contributed by atoms with E-state index in [0.717, 1.165) is 16.7 Å². The fourth-order valence-corrected chi connectivity index (χ4v) is 3.26. The molecule has 0 spiro atoms. The van der Waals surface area contributed by atoms with Crippen LogP contribution in [0.1, 0.15) is 22.8 Å². The highest BCUT2D eigenvalue weighted by molar-refractivity contribution is 5.78. The number of amides is 1. The summed E-state index contributed by atoms with van der Waals surface area (Å²) < 4.78 is 24.0. The number of furan rings is 1. The lowest BCUT2D eigenvalue weighted by atomic mass is 10.1. The number of rotatable bonds is 8. The average Bonchev–Trinajstić information content (AvgIpc) is 3.45. The third-order valence-corrected chi connectivity index (χ3v) is 4.89. The van der Waals surface area contributed by atoms with Gasteiger partial charge in [0.2, 0.25) is 17.6 Å². The summed E-state index contributed by atoms with van der Waals surface area (Å²) in [4.78, 5) is 19.1. The highest BCUT2D eigenvalue weighted by Crippen LogP contribution is 2.18. The van der Waals surface area contributed by atoms with Crippen molar-refractivity contribution in [3.8, 4) is 11.4 Å². The number of aryl methyl sites for hydroxylation is 1. The molecular formula is C24H22FN3O3. The maximum atomic E-state index is 13.2. The van der Waals surface area contributed by atoms with Crippen LogP contribution in [0, 0.1) is 12.7 Å². The van der Waals surface area contributed by atoms with Crippen molar-refractivity contribution in [2.75, 3.05) is 6.54 Å². The summed E-state index contributed by atoms with van der Waals surface area (Å²) in [5, 5.41) is 4.06. The minimum Gasteiger partial charge on any atom is -0.467 e. The second-order valence-electron chi connectivity index (χ2n) is 7.33. The molecular weight excluding hydrogens is 397 g/mol. The molecule has 158 valence electrons. The second-order valence-corrected chi connectivity index (χ2v) is 7.33. The van der Waals surface area contributed by atoms with Gasteiger partial charge >= 0.3 is 0 Å². The molecule has 0 saturated carbocycles. The van der Waals surface area contributed by atoms with Gasteiger partial charge in [-0.2, -0.15) is 4.98 Å². The third-order valence-electron chi connectivity index (χ3n) is 4.89. The molecule has 6 nitrogen and oxygen atoms in total. The van der Waals surface area contributed by atoms with Gasteiger partial charge in [-0.25, -0.2) is 4.39 Å². The van der Waals surface area contributed by atoms with Crippen molar-refractivity contribution in [2.45, 2.75) is 26.3 Å². The summed E-state index contributed by atoms with van der Waals surface area (Å²) in [6.07, 6.45) is 2.15. The fraction of sp³-hybridized carbons (Fsp3) is 0.208.